The van der Waals surface area contributed by atoms with E-state index in [4.69, 9.17) is 5.11 Å². The van der Waals surface area contributed by atoms with Crippen molar-refractivity contribution in [3.63, 3.8) is 0 Å². The van der Waals surface area contributed by atoms with E-state index in [9.17, 15) is 4.79 Å². The lowest BCUT2D eigenvalue weighted by atomic mass is 10.2. The summed E-state index contributed by atoms with van der Waals surface area (Å²) in [6, 6.07) is 8.39. The molecular weight excluding hydrogens is 332 g/mol. The van der Waals surface area contributed by atoms with Gasteiger partial charge in [0.1, 0.15) is 5.82 Å². The molecule has 4 rings (SSSR count). The van der Waals surface area contributed by atoms with Gasteiger partial charge in [-0.05, 0) is 49.7 Å². The number of carboxylic acid groups (broad SMARTS) is 1. The lowest BCUT2D eigenvalue weighted by Crippen LogP contribution is -2.01. The van der Waals surface area contributed by atoms with Crippen molar-refractivity contribution in [2.45, 2.75) is 13.8 Å². The highest BCUT2D eigenvalue weighted by molar-refractivity contribution is 5.88. The van der Waals surface area contributed by atoms with Gasteiger partial charge in [0.2, 0.25) is 5.95 Å². The number of nitrogens with zero attached hydrogens (tertiary/aromatic N) is 5. The summed E-state index contributed by atoms with van der Waals surface area (Å²) in [5.74, 6) is 0.372. The number of hydrogen-bond donors (Lipinski definition) is 2. The zero-order chi connectivity index (χ0) is 18.3. The number of pyridine rings is 1. The summed E-state index contributed by atoms with van der Waals surface area (Å²) in [6.45, 7) is 3.96. The summed E-state index contributed by atoms with van der Waals surface area (Å²) in [7, 11) is 0. The maximum Gasteiger partial charge on any atom is 0.335 e. The highest BCUT2D eigenvalue weighted by Gasteiger charge is 2.10. The van der Waals surface area contributed by atoms with Gasteiger partial charge in [0, 0.05) is 18.1 Å². The summed E-state index contributed by atoms with van der Waals surface area (Å²) in [5, 5.41) is 16.5. The smallest absolute Gasteiger partial charge is 0.335 e. The molecule has 0 aliphatic heterocycles. The molecule has 0 radical (unpaired) electrons. The van der Waals surface area contributed by atoms with Crippen molar-refractivity contribution in [2.24, 2.45) is 0 Å². The maximum atomic E-state index is 10.9. The molecule has 0 spiro atoms. The van der Waals surface area contributed by atoms with Crippen LogP contribution < -0.4 is 5.32 Å². The van der Waals surface area contributed by atoms with Gasteiger partial charge in [0.05, 0.1) is 17.4 Å². The van der Waals surface area contributed by atoms with Crippen LogP contribution in [0.4, 0.5) is 11.6 Å². The van der Waals surface area contributed by atoms with Crippen LogP contribution in [0.25, 0.3) is 11.3 Å². The number of nitrogens with one attached hydrogen (secondary N) is 1. The monoisotopic (exact) mass is 348 g/mol. The summed E-state index contributed by atoms with van der Waals surface area (Å²) < 4.78 is 3.70. The van der Waals surface area contributed by atoms with Crippen LogP contribution in [0, 0.1) is 13.8 Å². The Labute approximate surface area is 148 Å². The quantitative estimate of drug-likeness (QED) is 0.588. The lowest BCUT2D eigenvalue weighted by molar-refractivity contribution is 0.0697. The molecule has 130 valence electrons. The Balaban J connectivity index is 1.67. The van der Waals surface area contributed by atoms with E-state index in [1.54, 1.807) is 22.8 Å². The van der Waals surface area contributed by atoms with Gasteiger partial charge in [-0.2, -0.15) is 4.98 Å². The predicted octanol–water partition coefficient (Wildman–Crippen LogP) is 2.97. The van der Waals surface area contributed by atoms with Crippen LogP contribution in [0.1, 0.15) is 21.7 Å². The lowest BCUT2D eigenvalue weighted by Gasteiger charge is -2.08. The van der Waals surface area contributed by atoms with Crippen LogP contribution in [0.5, 0.6) is 0 Å². The SMILES string of the molecule is Cc1cc2nc(Nc3ccc(C(=O)O)cc3)nn2cc1-n1ccnc1C. The second-order valence-electron chi connectivity index (χ2n) is 5.93. The third kappa shape index (κ3) is 2.77. The number of aryl methyl sites for hydroxylation is 2. The van der Waals surface area contributed by atoms with E-state index >= 15 is 0 Å². The molecule has 0 aliphatic rings. The Morgan fingerprint density at radius 2 is 1.96 bits per heavy atom. The van der Waals surface area contributed by atoms with Crippen LogP contribution in [-0.2, 0) is 0 Å². The van der Waals surface area contributed by atoms with Gasteiger partial charge in [-0.15, -0.1) is 5.10 Å². The Morgan fingerprint density at radius 1 is 1.19 bits per heavy atom. The molecule has 8 heteroatoms. The van der Waals surface area contributed by atoms with Gasteiger partial charge >= 0.3 is 5.97 Å². The van der Waals surface area contributed by atoms with E-state index in [0.29, 0.717) is 17.3 Å². The number of aromatic carboxylic acids is 1. The first kappa shape index (κ1) is 15.8. The number of carbonyl (C=O) groups is 1. The summed E-state index contributed by atoms with van der Waals surface area (Å²) in [6.07, 6.45) is 5.57. The van der Waals surface area contributed by atoms with Crippen LogP contribution >= 0.6 is 0 Å². The fourth-order valence-corrected chi connectivity index (χ4v) is 2.78. The third-order valence-corrected chi connectivity index (χ3v) is 4.13. The number of imidazole rings is 1. The topological polar surface area (TPSA) is 97.3 Å². The highest BCUT2D eigenvalue weighted by atomic mass is 16.4. The van der Waals surface area contributed by atoms with Crippen LogP contribution in [0.15, 0.2) is 48.9 Å². The Kier molecular flexibility index (Phi) is 3.65. The van der Waals surface area contributed by atoms with Crippen molar-refractivity contribution in [3.05, 3.63) is 65.9 Å². The minimum Gasteiger partial charge on any atom is -0.478 e. The summed E-state index contributed by atoms with van der Waals surface area (Å²) in [5.41, 5.74) is 3.70. The number of carboxylic acids is 1. The first-order valence-corrected chi connectivity index (χ1v) is 7.99. The number of benzene rings is 1. The van der Waals surface area contributed by atoms with Crippen LogP contribution in [-0.4, -0.2) is 35.2 Å². The molecule has 4 aromatic rings. The Hall–Kier alpha value is -3.68. The fourth-order valence-electron chi connectivity index (χ4n) is 2.78. The van der Waals surface area contributed by atoms with Gasteiger partial charge in [-0.3, -0.25) is 0 Å². The molecule has 0 aliphatic carbocycles. The molecule has 8 nitrogen and oxygen atoms in total. The zero-order valence-corrected chi connectivity index (χ0v) is 14.2. The normalized spacial score (nSPS) is 11.0. The second-order valence-corrected chi connectivity index (χ2v) is 5.93. The molecule has 3 aromatic heterocycles. The van der Waals surface area contributed by atoms with Gasteiger partial charge < -0.3 is 15.0 Å². The van der Waals surface area contributed by atoms with Gasteiger partial charge in [-0.1, -0.05) is 0 Å². The number of rotatable bonds is 4. The van der Waals surface area contributed by atoms with E-state index in [2.05, 4.69) is 20.4 Å². The molecule has 0 saturated carbocycles. The number of aromatic nitrogens is 5. The first-order valence-electron chi connectivity index (χ1n) is 7.99. The number of fused-ring (bicyclic) bond motifs is 1. The number of hydrogen-bond acceptors (Lipinski definition) is 5. The molecule has 0 saturated heterocycles. The predicted molar refractivity (Wildman–Crippen MR) is 96.3 cm³/mol. The van der Waals surface area contributed by atoms with Crippen LogP contribution in [0.2, 0.25) is 0 Å². The minimum atomic E-state index is -0.958. The summed E-state index contributed by atoms with van der Waals surface area (Å²) >= 11 is 0. The number of anilines is 2. The first-order chi connectivity index (χ1) is 12.5. The van der Waals surface area contributed by atoms with Crippen molar-refractivity contribution in [1.29, 1.82) is 0 Å². The Morgan fingerprint density at radius 3 is 2.62 bits per heavy atom. The summed E-state index contributed by atoms with van der Waals surface area (Å²) in [4.78, 5) is 19.6. The third-order valence-electron chi connectivity index (χ3n) is 4.13. The van der Waals surface area contributed by atoms with E-state index in [-0.39, 0.29) is 5.56 Å². The average molecular weight is 348 g/mol. The molecule has 26 heavy (non-hydrogen) atoms. The van der Waals surface area contributed by atoms with Crippen molar-refractivity contribution in [3.8, 4) is 5.69 Å². The van der Waals surface area contributed by atoms with Gasteiger partial charge in [0.25, 0.3) is 0 Å². The molecular formula is C18H16N6O2. The zero-order valence-electron chi connectivity index (χ0n) is 14.2. The van der Waals surface area contributed by atoms with Crippen molar-refractivity contribution in [1.82, 2.24) is 24.1 Å². The van der Waals surface area contributed by atoms with E-state index in [0.717, 1.165) is 17.1 Å². The maximum absolute atomic E-state index is 10.9. The second kappa shape index (κ2) is 5.99. The molecule has 3 heterocycles. The molecule has 2 N–H and O–H groups in total. The molecule has 0 fully saturated rings. The Bertz CT molecular complexity index is 1110. The van der Waals surface area contributed by atoms with Gasteiger partial charge in [-0.25, -0.2) is 14.3 Å². The van der Waals surface area contributed by atoms with Crippen LogP contribution in [0.3, 0.4) is 0 Å². The van der Waals surface area contributed by atoms with Crippen molar-refractivity contribution >= 4 is 23.3 Å². The molecule has 0 unspecified atom stereocenters. The average Bonchev–Trinajstić information content (AvgIpc) is 3.19. The standard InChI is InChI=1S/C18H16N6O2/c1-11-9-16-21-18(20-14-5-3-13(4-6-14)17(25)26)22-24(16)10-15(11)23-8-7-19-12(23)2/h3-10H,1-2H3,(H,20,22)(H,25,26). The molecule has 0 amide bonds. The van der Waals surface area contributed by atoms with E-state index in [1.807, 2.05) is 36.9 Å². The molecule has 0 bridgehead atoms. The van der Waals surface area contributed by atoms with Crippen molar-refractivity contribution in [2.75, 3.05) is 5.32 Å². The van der Waals surface area contributed by atoms with E-state index < -0.39 is 5.97 Å². The minimum absolute atomic E-state index is 0.231. The van der Waals surface area contributed by atoms with Crippen molar-refractivity contribution < 1.29 is 9.90 Å². The van der Waals surface area contributed by atoms with E-state index in [1.165, 1.54) is 12.1 Å². The molecule has 1 aromatic carbocycles. The largest absolute Gasteiger partial charge is 0.478 e. The van der Waals surface area contributed by atoms with Gasteiger partial charge in [0.15, 0.2) is 5.65 Å². The highest BCUT2D eigenvalue weighted by Crippen LogP contribution is 2.20. The fraction of sp³-hybridized carbons (Fsp3) is 0.111. The molecule has 0 atom stereocenters.